The molecule has 0 spiro atoms. The van der Waals surface area contributed by atoms with E-state index >= 15 is 0 Å². The summed E-state index contributed by atoms with van der Waals surface area (Å²) >= 11 is 0. The molecule has 0 radical (unpaired) electrons. The lowest BCUT2D eigenvalue weighted by Crippen LogP contribution is -2.46. The number of aromatic nitrogens is 2. The lowest BCUT2D eigenvalue weighted by Gasteiger charge is -2.36. The van der Waals surface area contributed by atoms with Gasteiger partial charge in [0.15, 0.2) is 6.29 Å². The number of carbonyl (C=O) groups excluding carboxylic acids is 1. The van der Waals surface area contributed by atoms with Gasteiger partial charge in [0.05, 0.1) is 32.4 Å². The number of nitrogens with zero attached hydrogens (tertiary/aromatic N) is 3. The average molecular weight is 458 g/mol. The molecule has 7 nitrogen and oxygen atoms in total. The van der Waals surface area contributed by atoms with Gasteiger partial charge in [-0.15, -0.1) is 0 Å². The molecule has 7 heteroatoms. The molecule has 3 rings (SSSR count). The highest BCUT2D eigenvalue weighted by Crippen LogP contribution is 2.24. The Bertz CT molecular complexity index is 844. The van der Waals surface area contributed by atoms with Crippen LogP contribution in [0.2, 0.25) is 0 Å². The fourth-order valence-corrected chi connectivity index (χ4v) is 4.44. The summed E-state index contributed by atoms with van der Waals surface area (Å²) in [6.45, 7) is 4.43. The van der Waals surface area contributed by atoms with E-state index in [2.05, 4.69) is 42.5 Å². The van der Waals surface area contributed by atoms with Crippen LogP contribution in [-0.2, 0) is 32.0 Å². The van der Waals surface area contributed by atoms with Crippen LogP contribution < -0.4 is 0 Å². The highest BCUT2D eigenvalue weighted by molar-refractivity contribution is 5.76. The second-order valence-electron chi connectivity index (χ2n) is 8.64. The van der Waals surface area contributed by atoms with E-state index in [-0.39, 0.29) is 11.9 Å². The molecule has 0 saturated heterocycles. The lowest BCUT2D eigenvalue weighted by molar-refractivity contribution is -0.151. The number of hydrogen-bond acceptors (Lipinski definition) is 5. The maximum atomic E-state index is 13.0. The number of rotatable bonds is 13. The molecule has 0 bridgehead atoms. The molecular formula is C26H39N3O4. The number of amides is 1. The number of ether oxygens (including phenoxy) is 3. The van der Waals surface area contributed by atoms with Crippen LogP contribution in [0.5, 0.6) is 0 Å². The van der Waals surface area contributed by atoms with Gasteiger partial charge in [0, 0.05) is 38.6 Å². The predicted octanol–water partition coefficient (Wildman–Crippen LogP) is 4.30. The Labute approximate surface area is 198 Å². The van der Waals surface area contributed by atoms with Crippen LogP contribution in [0, 0.1) is 0 Å². The Morgan fingerprint density at radius 3 is 2.64 bits per heavy atom. The first-order valence-corrected chi connectivity index (χ1v) is 12.2. The van der Waals surface area contributed by atoms with Crippen molar-refractivity contribution in [3.63, 3.8) is 0 Å². The van der Waals surface area contributed by atoms with E-state index in [1.165, 1.54) is 24.8 Å². The first kappa shape index (κ1) is 25.4. The molecular weight excluding hydrogens is 418 g/mol. The Morgan fingerprint density at radius 1 is 1.15 bits per heavy atom. The third-order valence-electron chi connectivity index (χ3n) is 6.42. The molecule has 0 N–H and O–H groups in total. The zero-order valence-electron chi connectivity index (χ0n) is 20.4. The van der Waals surface area contributed by atoms with Crippen molar-refractivity contribution in [3.05, 3.63) is 42.2 Å². The van der Waals surface area contributed by atoms with Crippen LogP contribution in [0.1, 0.15) is 51.0 Å². The van der Waals surface area contributed by atoms with Gasteiger partial charge < -0.3 is 19.1 Å². The fraction of sp³-hybridized carbons (Fsp3) is 0.615. The average Bonchev–Trinajstić information content (AvgIpc) is 3.35. The van der Waals surface area contributed by atoms with E-state index < -0.39 is 6.29 Å². The third kappa shape index (κ3) is 7.66. The van der Waals surface area contributed by atoms with Crippen molar-refractivity contribution in [2.45, 2.75) is 70.7 Å². The van der Waals surface area contributed by atoms with E-state index in [0.717, 1.165) is 36.9 Å². The van der Waals surface area contributed by atoms with Crippen LogP contribution in [0.25, 0.3) is 11.1 Å². The van der Waals surface area contributed by atoms with Crippen molar-refractivity contribution >= 4 is 5.91 Å². The summed E-state index contributed by atoms with van der Waals surface area (Å²) in [7, 11) is 3.23. The zero-order valence-corrected chi connectivity index (χ0v) is 20.4. The smallest absolute Gasteiger partial charge is 0.225 e. The minimum absolute atomic E-state index is 0.121. The molecule has 1 aromatic carbocycles. The van der Waals surface area contributed by atoms with E-state index in [4.69, 9.17) is 14.2 Å². The zero-order chi connectivity index (χ0) is 23.5. The van der Waals surface area contributed by atoms with Gasteiger partial charge in [-0.25, -0.2) is 0 Å². The monoisotopic (exact) mass is 457 g/mol. The maximum Gasteiger partial charge on any atom is 0.225 e. The molecule has 0 unspecified atom stereocenters. The number of aryl methyl sites for hydroxylation is 1. The van der Waals surface area contributed by atoms with Gasteiger partial charge in [0.2, 0.25) is 5.91 Å². The van der Waals surface area contributed by atoms with Gasteiger partial charge in [0.1, 0.15) is 0 Å². The fourth-order valence-electron chi connectivity index (χ4n) is 4.44. The van der Waals surface area contributed by atoms with Crippen molar-refractivity contribution in [2.75, 3.05) is 34.0 Å². The van der Waals surface area contributed by atoms with Crippen LogP contribution in [0.3, 0.4) is 0 Å². The summed E-state index contributed by atoms with van der Waals surface area (Å²) < 4.78 is 18.5. The highest BCUT2D eigenvalue weighted by Gasteiger charge is 2.27. The second-order valence-corrected chi connectivity index (χ2v) is 8.64. The summed E-state index contributed by atoms with van der Waals surface area (Å²) in [6.07, 6.45) is 10.5. The van der Waals surface area contributed by atoms with Crippen LogP contribution >= 0.6 is 0 Å². The molecule has 1 amide bonds. The van der Waals surface area contributed by atoms with Crippen LogP contribution in [0.15, 0.2) is 36.7 Å². The molecule has 1 heterocycles. The van der Waals surface area contributed by atoms with Gasteiger partial charge >= 0.3 is 0 Å². The molecule has 2 aromatic rings. The molecule has 1 aromatic heterocycles. The summed E-state index contributed by atoms with van der Waals surface area (Å²) in [5.41, 5.74) is 3.50. The van der Waals surface area contributed by atoms with Gasteiger partial charge in [0.25, 0.3) is 0 Å². The number of carbonyl (C=O) groups is 1. The molecule has 33 heavy (non-hydrogen) atoms. The highest BCUT2D eigenvalue weighted by atomic mass is 16.7. The number of benzene rings is 1. The Morgan fingerprint density at radius 2 is 1.94 bits per heavy atom. The minimum atomic E-state index is -0.395. The predicted molar refractivity (Wildman–Crippen MR) is 129 cm³/mol. The second kappa shape index (κ2) is 13.5. The molecule has 1 saturated carbocycles. The van der Waals surface area contributed by atoms with Gasteiger partial charge in [-0.05, 0) is 37.3 Å². The SMILES string of the molecule is CCn1cc(-c2cccc(CCOCCC(=O)N(CC(OC)OC)C3CCCCC3)c2)cn1. The van der Waals surface area contributed by atoms with E-state index in [1.807, 2.05) is 15.8 Å². The molecule has 182 valence electrons. The quantitative estimate of drug-likeness (QED) is 0.331. The topological polar surface area (TPSA) is 65.8 Å². The Balaban J connectivity index is 1.46. The third-order valence-corrected chi connectivity index (χ3v) is 6.42. The van der Waals surface area contributed by atoms with Gasteiger partial charge in [-0.1, -0.05) is 43.5 Å². The van der Waals surface area contributed by atoms with Gasteiger partial charge in [-0.3, -0.25) is 9.48 Å². The standard InChI is InChI=1S/C26H39N3O4/c1-4-28-19-23(18-27-28)22-10-8-9-21(17-22)13-15-33-16-14-25(30)29(20-26(31-2)32-3)24-11-6-5-7-12-24/h8-10,17-19,24,26H,4-7,11-16,20H2,1-3H3. The number of methoxy groups -OCH3 is 2. The Kier molecular flexibility index (Phi) is 10.4. The first-order chi connectivity index (χ1) is 16.1. The summed E-state index contributed by atoms with van der Waals surface area (Å²) in [4.78, 5) is 15.0. The first-order valence-electron chi connectivity index (χ1n) is 12.2. The van der Waals surface area contributed by atoms with Crippen molar-refractivity contribution < 1.29 is 19.0 Å². The maximum absolute atomic E-state index is 13.0. The van der Waals surface area contributed by atoms with E-state index in [9.17, 15) is 4.79 Å². The lowest BCUT2D eigenvalue weighted by atomic mass is 9.94. The van der Waals surface area contributed by atoms with Crippen molar-refractivity contribution in [2.24, 2.45) is 0 Å². The normalized spacial score (nSPS) is 14.7. The minimum Gasteiger partial charge on any atom is -0.381 e. The molecule has 1 aliphatic rings. The van der Waals surface area contributed by atoms with Crippen LogP contribution in [0.4, 0.5) is 0 Å². The summed E-state index contributed by atoms with van der Waals surface area (Å²) in [6, 6.07) is 8.75. The molecule has 1 aliphatic carbocycles. The largest absolute Gasteiger partial charge is 0.381 e. The summed E-state index contributed by atoms with van der Waals surface area (Å²) in [5, 5.41) is 4.36. The van der Waals surface area contributed by atoms with Crippen molar-refractivity contribution in [3.8, 4) is 11.1 Å². The molecule has 1 fully saturated rings. The van der Waals surface area contributed by atoms with Gasteiger partial charge in [-0.2, -0.15) is 5.10 Å². The number of hydrogen-bond donors (Lipinski definition) is 0. The molecule has 0 atom stereocenters. The van der Waals surface area contributed by atoms with E-state index in [1.54, 1.807) is 14.2 Å². The van der Waals surface area contributed by atoms with Crippen LogP contribution in [-0.4, -0.2) is 66.9 Å². The van der Waals surface area contributed by atoms with E-state index in [0.29, 0.717) is 26.2 Å². The van der Waals surface area contributed by atoms with Crippen molar-refractivity contribution in [1.82, 2.24) is 14.7 Å². The summed E-state index contributed by atoms with van der Waals surface area (Å²) in [5.74, 6) is 0.121. The Hall–Kier alpha value is -2.22. The van der Waals surface area contributed by atoms with Crippen molar-refractivity contribution in [1.29, 1.82) is 0 Å². The molecule has 0 aliphatic heterocycles.